The lowest BCUT2D eigenvalue weighted by molar-refractivity contribution is -0.0893. The molecule has 1 aromatic carbocycles. The number of aliphatic hydroxyl groups is 1. The summed E-state index contributed by atoms with van der Waals surface area (Å²) < 4.78 is 18.7. The van der Waals surface area contributed by atoms with Crippen molar-refractivity contribution in [3.05, 3.63) is 48.4 Å². The van der Waals surface area contributed by atoms with Crippen molar-refractivity contribution in [2.24, 2.45) is 0 Å². The van der Waals surface area contributed by atoms with Gasteiger partial charge in [0, 0.05) is 11.8 Å². The van der Waals surface area contributed by atoms with Gasteiger partial charge in [-0.15, -0.1) is 0 Å². The van der Waals surface area contributed by atoms with E-state index in [4.69, 9.17) is 4.65 Å². The molecule has 0 spiro atoms. The van der Waals surface area contributed by atoms with E-state index < -0.39 is 11.2 Å². The molecule has 2 rings (SSSR count). The molecular weight excluding hydrogens is 280 g/mol. The summed E-state index contributed by atoms with van der Waals surface area (Å²) in [5.74, 6) is -0.261. The third-order valence-corrected chi connectivity index (χ3v) is 4.04. The van der Waals surface area contributed by atoms with E-state index in [0.29, 0.717) is 7.48 Å². The molecule has 3 nitrogen and oxygen atoms in total. The Bertz CT molecular complexity index is 619. The first-order valence-corrected chi connectivity index (χ1v) is 7.26. The van der Waals surface area contributed by atoms with E-state index in [1.807, 2.05) is 26.0 Å². The Labute approximate surface area is 131 Å². The summed E-state index contributed by atoms with van der Waals surface area (Å²) in [5.41, 5.74) is 0.969. The van der Waals surface area contributed by atoms with Gasteiger partial charge in [0.1, 0.15) is 5.82 Å². The Kier molecular flexibility index (Phi) is 4.68. The average molecular weight is 301 g/mol. The second-order valence-corrected chi connectivity index (χ2v) is 6.42. The number of halogens is 1. The summed E-state index contributed by atoms with van der Waals surface area (Å²) >= 11 is 0. The van der Waals surface area contributed by atoms with Crippen LogP contribution in [0.2, 0.25) is 0 Å². The van der Waals surface area contributed by atoms with Crippen molar-refractivity contribution in [3.8, 4) is 11.3 Å². The summed E-state index contributed by atoms with van der Waals surface area (Å²) in [6.45, 7) is 7.16. The minimum atomic E-state index is -0.936. The summed E-state index contributed by atoms with van der Waals surface area (Å²) in [6, 6.07) is 10.0. The number of rotatable bonds is 5. The molecule has 0 aliphatic carbocycles. The van der Waals surface area contributed by atoms with Crippen molar-refractivity contribution in [3.63, 3.8) is 0 Å². The number of aromatic nitrogens is 1. The van der Waals surface area contributed by atoms with Gasteiger partial charge in [-0.05, 0) is 63.5 Å². The molecule has 116 valence electrons. The fraction of sp³-hybridized carbons (Fsp3) is 0.353. The van der Waals surface area contributed by atoms with Crippen LogP contribution in [0.25, 0.3) is 11.3 Å². The number of hydrogen-bond donors (Lipinski definition) is 1. The third-order valence-electron chi connectivity index (χ3n) is 4.04. The first-order chi connectivity index (χ1) is 10.2. The van der Waals surface area contributed by atoms with Gasteiger partial charge >= 0.3 is 7.48 Å². The van der Waals surface area contributed by atoms with E-state index in [2.05, 4.69) is 4.98 Å². The molecule has 2 aromatic rings. The predicted molar refractivity (Wildman–Crippen MR) is 87.9 cm³/mol. The second-order valence-electron chi connectivity index (χ2n) is 6.42. The van der Waals surface area contributed by atoms with Crippen molar-refractivity contribution < 1.29 is 14.2 Å². The van der Waals surface area contributed by atoms with E-state index >= 15 is 0 Å². The molecule has 1 aromatic heterocycles. The van der Waals surface area contributed by atoms with Crippen LogP contribution in [0.5, 0.6) is 0 Å². The van der Waals surface area contributed by atoms with Gasteiger partial charge in [-0.3, -0.25) is 4.98 Å². The normalized spacial score (nSPS) is 12.3. The molecule has 0 bridgehead atoms. The fourth-order valence-electron chi connectivity index (χ4n) is 1.74. The zero-order valence-corrected chi connectivity index (χ0v) is 13.4. The summed E-state index contributed by atoms with van der Waals surface area (Å²) in [5, 5.41) is 10.1. The Balaban J connectivity index is 2.05. The van der Waals surface area contributed by atoms with Gasteiger partial charge in [0.25, 0.3) is 0 Å². The molecule has 22 heavy (non-hydrogen) atoms. The highest BCUT2D eigenvalue weighted by molar-refractivity contribution is 6.46. The average Bonchev–Trinajstić information content (AvgIpc) is 2.45. The topological polar surface area (TPSA) is 42.4 Å². The highest BCUT2D eigenvalue weighted by Crippen LogP contribution is 2.24. The molecule has 0 fully saturated rings. The maximum Gasteiger partial charge on any atom is 0.311 e. The fourth-order valence-corrected chi connectivity index (χ4v) is 1.74. The molecular formula is C17H21BFNO2. The lowest BCUT2D eigenvalue weighted by Crippen LogP contribution is -2.49. The predicted octanol–water partition coefficient (Wildman–Crippen LogP) is 2.43. The van der Waals surface area contributed by atoms with Crippen molar-refractivity contribution in [1.82, 2.24) is 4.98 Å². The van der Waals surface area contributed by atoms with Crippen LogP contribution in [0.3, 0.4) is 0 Å². The smallest absolute Gasteiger partial charge is 0.311 e. The number of nitrogens with zero attached hydrogens (tertiary/aromatic N) is 1. The summed E-state index contributed by atoms with van der Waals surface area (Å²) in [6.07, 6.45) is 1.74. The van der Waals surface area contributed by atoms with E-state index in [-0.39, 0.29) is 5.82 Å². The van der Waals surface area contributed by atoms with Gasteiger partial charge in [0.15, 0.2) is 0 Å². The Morgan fingerprint density at radius 2 is 1.68 bits per heavy atom. The van der Waals surface area contributed by atoms with Gasteiger partial charge < -0.3 is 9.76 Å². The van der Waals surface area contributed by atoms with Gasteiger partial charge in [-0.2, -0.15) is 0 Å². The van der Waals surface area contributed by atoms with Crippen LogP contribution in [-0.2, 0) is 4.65 Å². The van der Waals surface area contributed by atoms with Crippen LogP contribution < -0.4 is 5.46 Å². The van der Waals surface area contributed by atoms with Crippen molar-refractivity contribution in [2.45, 2.75) is 38.9 Å². The number of pyridine rings is 1. The van der Waals surface area contributed by atoms with Crippen LogP contribution in [0, 0.1) is 5.82 Å². The van der Waals surface area contributed by atoms with Gasteiger partial charge in [0.05, 0.1) is 16.9 Å². The quantitative estimate of drug-likeness (QED) is 0.863. The van der Waals surface area contributed by atoms with Gasteiger partial charge in [-0.1, -0.05) is 6.07 Å². The Hall–Kier alpha value is -1.72. The van der Waals surface area contributed by atoms with Crippen LogP contribution >= 0.6 is 0 Å². The molecule has 0 aliphatic rings. The molecule has 0 unspecified atom stereocenters. The second kappa shape index (κ2) is 6.19. The van der Waals surface area contributed by atoms with Crippen LogP contribution in [0.15, 0.2) is 42.6 Å². The molecule has 0 amide bonds. The maximum absolute atomic E-state index is 12.9. The van der Waals surface area contributed by atoms with E-state index in [1.54, 1.807) is 32.2 Å². The molecule has 1 N–H and O–H groups in total. The maximum atomic E-state index is 12.9. The minimum absolute atomic E-state index is 0.261. The standard InChI is InChI=1S/C17H21BFNO2/c1-16(2,21)17(3,4)22-18-13-7-10-15(20-11-13)12-5-8-14(19)9-6-12/h5-11,18,21H,1-4H3. The van der Waals surface area contributed by atoms with E-state index in [1.165, 1.54) is 12.1 Å². The molecule has 0 atom stereocenters. The highest BCUT2D eigenvalue weighted by atomic mass is 19.1. The molecule has 5 heteroatoms. The first kappa shape index (κ1) is 16.7. The first-order valence-electron chi connectivity index (χ1n) is 7.26. The largest absolute Gasteiger partial charge is 0.427 e. The van der Waals surface area contributed by atoms with Crippen LogP contribution in [0.4, 0.5) is 4.39 Å². The van der Waals surface area contributed by atoms with Crippen molar-refractivity contribution >= 4 is 12.9 Å². The lowest BCUT2D eigenvalue weighted by atomic mass is 9.83. The monoisotopic (exact) mass is 301 g/mol. The van der Waals surface area contributed by atoms with E-state index in [9.17, 15) is 9.50 Å². The molecule has 0 radical (unpaired) electrons. The lowest BCUT2D eigenvalue weighted by Gasteiger charge is -2.37. The molecule has 0 aliphatic heterocycles. The molecule has 0 saturated heterocycles. The van der Waals surface area contributed by atoms with Crippen LogP contribution in [-0.4, -0.2) is 28.8 Å². The highest BCUT2D eigenvalue weighted by Gasteiger charge is 2.35. The van der Waals surface area contributed by atoms with Gasteiger partial charge in [0.2, 0.25) is 0 Å². The van der Waals surface area contributed by atoms with Crippen molar-refractivity contribution in [2.75, 3.05) is 0 Å². The zero-order chi connectivity index (χ0) is 16.4. The van der Waals surface area contributed by atoms with Crippen molar-refractivity contribution in [1.29, 1.82) is 0 Å². The number of hydrogen-bond acceptors (Lipinski definition) is 3. The third kappa shape index (κ3) is 3.93. The van der Waals surface area contributed by atoms with E-state index in [0.717, 1.165) is 16.7 Å². The minimum Gasteiger partial charge on any atom is -0.427 e. The zero-order valence-electron chi connectivity index (χ0n) is 13.4. The molecule has 1 heterocycles. The number of benzene rings is 1. The summed E-state index contributed by atoms with van der Waals surface area (Å²) in [7, 11) is 0.369. The Morgan fingerprint density at radius 3 is 2.18 bits per heavy atom. The molecule has 0 saturated carbocycles. The SMILES string of the molecule is CC(C)(O)C(C)(C)OBc1ccc(-c2ccc(F)cc2)nc1. The summed E-state index contributed by atoms with van der Waals surface area (Å²) in [4.78, 5) is 4.38. The van der Waals surface area contributed by atoms with Crippen LogP contribution in [0.1, 0.15) is 27.7 Å². The van der Waals surface area contributed by atoms with Gasteiger partial charge in [-0.25, -0.2) is 4.39 Å². The Morgan fingerprint density at radius 1 is 1.05 bits per heavy atom.